The summed E-state index contributed by atoms with van der Waals surface area (Å²) in [6.07, 6.45) is -0.153. The minimum absolute atomic E-state index is 0.153. The molecule has 0 spiro atoms. The molecular weight excluding hydrogens is 291 g/mol. The van der Waals surface area contributed by atoms with Crippen molar-refractivity contribution in [1.29, 1.82) is 0 Å². The summed E-state index contributed by atoms with van der Waals surface area (Å²) < 4.78 is 19.4. The van der Waals surface area contributed by atoms with Crippen molar-refractivity contribution in [3.63, 3.8) is 0 Å². The molecule has 0 amide bonds. The highest BCUT2D eigenvalue weighted by Gasteiger charge is 2.16. The smallest absolute Gasteiger partial charge is 0.123 e. The SMILES string of the molecule is Fc1ccc(C(OCCN2CCNCC2)c2ccccc2)cc1. The Hall–Kier alpha value is -1.75. The second kappa shape index (κ2) is 8.20. The Balaban J connectivity index is 1.66. The molecule has 0 aliphatic carbocycles. The first-order valence-corrected chi connectivity index (χ1v) is 8.18. The lowest BCUT2D eigenvalue weighted by Crippen LogP contribution is -2.44. The van der Waals surface area contributed by atoms with Gasteiger partial charge in [0.25, 0.3) is 0 Å². The third-order valence-corrected chi connectivity index (χ3v) is 4.18. The molecule has 2 aromatic carbocycles. The van der Waals surface area contributed by atoms with Crippen LogP contribution in [0.3, 0.4) is 0 Å². The average Bonchev–Trinajstić information content (AvgIpc) is 2.61. The van der Waals surface area contributed by atoms with Gasteiger partial charge in [-0.15, -0.1) is 0 Å². The lowest BCUT2D eigenvalue weighted by molar-refractivity contribution is 0.0572. The van der Waals surface area contributed by atoms with Gasteiger partial charge >= 0.3 is 0 Å². The van der Waals surface area contributed by atoms with Gasteiger partial charge in [0.15, 0.2) is 0 Å². The van der Waals surface area contributed by atoms with Crippen LogP contribution in [0.25, 0.3) is 0 Å². The van der Waals surface area contributed by atoms with Crippen molar-refractivity contribution >= 4 is 0 Å². The summed E-state index contributed by atoms with van der Waals surface area (Å²) in [5, 5.41) is 3.35. The van der Waals surface area contributed by atoms with Crippen molar-refractivity contribution < 1.29 is 9.13 Å². The maximum Gasteiger partial charge on any atom is 0.123 e. The Bertz CT molecular complexity index is 582. The van der Waals surface area contributed by atoms with Gasteiger partial charge in [-0.1, -0.05) is 42.5 Å². The molecule has 1 fully saturated rings. The van der Waals surface area contributed by atoms with Gasteiger partial charge < -0.3 is 10.1 Å². The molecule has 0 saturated carbocycles. The molecule has 0 bridgehead atoms. The number of piperazine rings is 1. The first kappa shape index (κ1) is 16.1. The Morgan fingerprint density at radius 1 is 0.957 bits per heavy atom. The van der Waals surface area contributed by atoms with Crippen LogP contribution in [0.2, 0.25) is 0 Å². The van der Waals surface area contributed by atoms with Crippen LogP contribution in [-0.4, -0.2) is 44.2 Å². The molecule has 0 radical (unpaired) electrons. The highest BCUT2D eigenvalue weighted by atomic mass is 19.1. The quantitative estimate of drug-likeness (QED) is 0.887. The molecular formula is C19H23FN2O. The molecule has 2 aromatic rings. The highest BCUT2D eigenvalue weighted by molar-refractivity contribution is 5.30. The average molecular weight is 314 g/mol. The number of benzene rings is 2. The molecule has 1 saturated heterocycles. The van der Waals surface area contributed by atoms with E-state index in [1.165, 1.54) is 12.1 Å². The lowest BCUT2D eigenvalue weighted by atomic mass is 10.0. The van der Waals surface area contributed by atoms with Gasteiger partial charge in [0, 0.05) is 32.7 Å². The second-order valence-corrected chi connectivity index (χ2v) is 5.80. The van der Waals surface area contributed by atoms with Gasteiger partial charge in [0.2, 0.25) is 0 Å². The molecule has 3 rings (SSSR count). The second-order valence-electron chi connectivity index (χ2n) is 5.80. The summed E-state index contributed by atoms with van der Waals surface area (Å²) >= 11 is 0. The summed E-state index contributed by atoms with van der Waals surface area (Å²) in [7, 11) is 0. The number of nitrogens with zero attached hydrogens (tertiary/aromatic N) is 1. The van der Waals surface area contributed by atoms with E-state index in [9.17, 15) is 4.39 Å². The fraction of sp³-hybridized carbons (Fsp3) is 0.368. The van der Waals surface area contributed by atoms with Crippen molar-refractivity contribution in [2.24, 2.45) is 0 Å². The van der Waals surface area contributed by atoms with E-state index in [1.807, 2.05) is 18.2 Å². The molecule has 1 atom stereocenters. The van der Waals surface area contributed by atoms with E-state index in [0.717, 1.165) is 43.9 Å². The van der Waals surface area contributed by atoms with E-state index in [4.69, 9.17) is 4.74 Å². The zero-order chi connectivity index (χ0) is 15.9. The van der Waals surface area contributed by atoms with E-state index in [-0.39, 0.29) is 11.9 Å². The van der Waals surface area contributed by atoms with Gasteiger partial charge in [-0.05, 0) is 23.3 Å². The van der Waals surface area contributed by atoms with Gasteiger partial charge in [-0.2, -0.15) is 0 Å². The molecule has 4 heteroatoms. The Labute approximate surface area is 137 Å². The molecule has 1 aliphatic rings. The van der Waals surface area contributed by atoms with Crippen molar-refractivity contribution in [3.05, 3.63) is 71.5 Å². The Morgan fingerprint density at radius 2 is 1.61 bits per heavy atom. The summed E-state index contributed by atoms with van der Waals surface area (Å²) in [6.45, 7) is 5.80. The number of halogens is 1. The van der Waals surface area contributed by atoms with Gasteiger partial charge in [-0.3, -0.25) is 4.90 Å². The number of rotatable bonds is 6. The normalized spacial score (nSPS) is 17.1. The number of hydrogen-bond acceptors (Lipinski definition) is 3. The molecule has 1 N–H and O–H groups in total. The lowest BCUT2D eigenvalue weighted by Gasteiger charge is -2.28. The minimum Gasteiger partial charge on any atom is -0.367 e. The van der Waals surface area contributed by atoms with Crippen LogP contribution in [0, 0.1) is 5.82 Å². The number of nitrogens with one attached hydrogen (secondary N) is 1. The summed E-state index contributed by atoms with van der Waals surface area (Å²) in [4.78, 5) is 2.41. The number of hydrogen-bond donors (Lipinski definition) is 1. The fourth-order valence-corrected chi connectivity index (χ4v) is 2.88. The van der Waals surface area contributed by atoms with Crippen molar-refractivity contribution in [1.82, 2.24) is 10.2 Å². The van der Waals surface area contributed by atoms with Crippen LogP contribution in [0.15, 0.2) is 54.6 Å². The Kier molecular flexibility index (Phi) is 5.75. The monoisotopic (exact) mass is 314 g/mol. The predicted octanol–water partition coefficient (Wildman–Crippen LogP) is 2.84. The van der Waals surface area contributed by atoms with Crippen molar-refractivity contribution in [3.8, 4) is 0 Å². The zero-order valence-corrected chi connectivity index (χ0v) is 13.2. The molecule has 122 valence electrons. The maximum absolute atomic E-state index is 13.2. The predicted molar refractivity (Wildman–Crippen MR) is 89.9 cm³/mol. The van der Waals surface area contributed by atoms with Crippen LogP contribution < -0.4 is 5.32 Å². The van der Waals surface area contributed by atoms with Gasteiger partial charge in [0.05, 0.1) is 6.61 Å². The van der Waals surface area contributed by atoms with E-state index < -0.39 is 0 Å². The third-order valence-electron chi connectivity index (χ3n) is 4.18. The van der Waals surface area contributed by atoms with Crippen LogP contribution in [0.5, 0.6) is 0 Å². The van der Waals surface area contributed by atoms with Crippen LogP contribution in [-0.2, 0) is 4.74 Å². The fourth-order valence-electron chi connectivity index (χ4n) is 2.88. The van der Waals surface area contributed by atoms with Crippen molar-refractivity contribution in [2.75, 3.05) is 39.3 Å². The molecule has 0 aromatic heterocycles. The van der Waals surface area contributed by atoms with E-state index in [1.54, 1.807) is 12.1 Å². The molecule has 1 aliphatic heterocycles. The highest BCUT2D eigenvalue weighted by Crippen LogP contribution is 2.26. The van der Waals surface area contributed by atoms with E-state index in [2.05, 4.69) is 22.3 Å². The van der Waals surface area contributed by atoms with Gasteiger partial charge in [0.1, 0.15) is 11.9 Å². The first-order chi connectivity index (χ1) is 11.3. The largest absolute Gasteiger partial charge is 0.367 e. The third kappa shape index (κ3) is 4.61. The maximum atomic E-state index is 13.2. The molecule has 23 heavy (non-hydrogen) atoms. The van der Waals surface area contributed by atoms with E-state index in [0.29, 0.717) is 6.61 Å². The zero-order valence-electron chi connectivity index (χ0n) is 13.2. The van der Waals surface area contributed by atoms with E-state index >= 15 is 0 Å². The first-order valence-electron chi connectivity index (χ1n) is 8.18. The summed E-state index contributed by atoms with van der Waals surface area (Å²) in [6, 6.07) is 16.7. The van der Waals surface area contributed by atoms with Crippen LogP contribution in [0.4, 0.5) is 4.39 Å². The topological polar surface area (TPSA) is 24.5 Å². The van der Waals surface area contributed by atoms with Gasteiger partial charge in [-0.25, -0.2) is 4.39 Å². The summed E-state index contributed by atoms with van der Waals surface area (Å²) in [5.41, 5.74) is 2.08. The summed E-state index contributed by atoms with van der Waals surface area (Å²) in [5.74, 6) is -0.221. The minimum atomic E-state index is -0.221. The molecule has 1 heterocycles. The number of ether oxygens (including phenoxy) is 1. The van der Waals surface area contributed by atoms with Crippen LogP contribution >= 0.6 is 0 Å². The van der Waals surface area contributed by atoms with Crippen molar-refractivity contribution in [2.45, 2.75) is 6.10 Å². The molecule has 1 unspecified atom stereocenters. The van der Waals surface area contributed by atoms with Crippen LogP contribution in [0.1, 0.15) is 17.2 Å². The standard InChI is InChI=1S/C19H23FN2O/c20-18-8-6-17(7-9-18)19(16-4-2-1-3-5-16)23-15-14-22-12-10-21-11-13-22/h1-9,19,21H,10-15H2. The Morgan fingerprint density at radius 3 is 2.30 bits per heavy atom. The molecule has 3 nitrogen and oxygen atoms in total.